The van der Waals surface area contributed by atoms with Gasteiger partial charge in [-0.3, -0.25) is 4.79 Å². The molecule has 1 aromatic carbocycles. The second-order valence-corrected chi connectivity index (χ2v) is 6.57. The standard InChI is InChI=1S/C15H18N4OS/c1-11(21-15-17-16-10-18(15)2)14(20)19-8-7-12-5-3-4-6-13(12)9-19/h3-6,10-11H,7-9H2,1-2H3/t11-/m0/s1. The van der Waals surface area contributed by atoms with Gasteiger partial charge in [-0.1, -0.05) is 36.0 Å². The number of aromatic nitrogens is 3. The van der Waals surface area contributed by atoms with Gasteiger partial charge in [-0.25, -0.2) is 0 Å². The number of nitrogens with zero attached hydrogens (tertiary/aromatic N) is 4. The highest BCUT2D eigenvalue weighted by Crippen LogP contribution is 2.25. The Hall–Kier alpha value is -1.82. The number of benzene rings is 1. The molecule has 6 heteroatoms. The molecule has 21 heavy (non-hydrogen) atoms. The van der Waals surface area contributed by atoms with E-state index in [0.717, 1.165) is 18.1 Å². The molecule has 2 heterocycles. The van der Waals surface area contributed by atoms with E-state index < -0.39 is 0 Å². The summed E-state index contributed by atoms with van der Waals surface area (Å²) in [5.74, 6) is 0.164. The number of amides is 1. The van der Waals surface area contributed by atoms with Gasteiger partial charge in [0, 0.05) is 20.1 Å². The molecule has 0 saturated carbocycles. The number of carbonyl (C=O) groups excluding carboxylic acids is 1. The summed E-state index contributed by atoms with van der Waals surface area (Å²) >= 11 is 1.46. The van der Waals surface area contributed by atoms with Crippen LogP contribution in [0.5, 0.6) is 0 Å². The van der Waals surface area contributed by atoms with E-state index in [1.807, 2.05) is 29.5 Å². The van der Waals surface area contributed by atoms with Crippen LogP contribution in [0.15, 0.2) is 35.7 Å². The fraction of sp³-hybridized carbons (Fsp3) is 0.400. The Labute approximate surface area is 128 Å². The van der Waals surface area contributed by atoms with E-state index in [2.05, 4.69) is 28.4 Å². The first-order valence-electron chi connectivity index (χ1n) is 7.01. The van der Waals surface area contributed by atoms with Crippen molar-refractivity contribution in [1.82, 2.24) is 19.7 Å². The quantitative estimate of drug-likeness (QED) is 0.812. The predicted molar refractivity (Wildman–Crippen MR) is 81.9 cm³/mol. The van der Waals surface area contributed by atoms with Gasteiger partial charge >= 0.3 is 0 Å². The molecule has 1 aliphatic rings. The van der Waals surface area contributed by atoms with E-state index in [-0.39, 0.29) is 11.2 Å². The van der Waals surface area contributed by atoms with E-state index >= 15 is 0 Å². The van der Waals surface area contributed by atoms with Crippen molar-refractivity contribution in [1.29, 1.82) is 0 Å². The average Bonchev–Trinajstić information content (AvgIpc) is 2.91. The van der Waals surface area contributed by atoms with Gasteiger partial charge in [0.05, 0.1) is 5.25 Å². The van der Waals surface area contributed by atoms with Crippen LogP contribution in [0.25, 0.3) is 0 Å². The Morgan fingerprint density at radius 3 is 2.81 bits per heavy atom. The SMILES string of the molecule is C[C@H](Sc1nncn1C)C(=O)N1CCc2ccccc2C1. The summed E-state index contributed by atoms with van der Waals surface area (Å²) in [7, 11) is 1.89. The van der Waals surface area contributed by atoms with Crippen molar-refractivity contribution >= 4 is 17.7 Å². The van der Waals surface area contributed by atoms with Gasteiger partial charge in [-0.05, 0) is 24.5 Å². The lowest BCUT2D eigenvalue weighted by Gasteiger charge is -2.30. The van der Waals surface area contributed by atoms with E-state index in [0.29, 0.717) is 6.54 Å². The van der Waals surface area contributed by atoms with Crippen LogP contribution in [0.1, 0.15) is 18.1 Å². The minimum atomic E-state index is -0.154. The molecule has 110 valence electrons. The van der Waals surface area contributed by atoms with E-state index in [4.69, 9.17) is 0 Å². The number of rotatable bonds is 3. The van der Waals surface area contributed by atoms with Crippen molar-refractivity contribution in [3.05, 3.63) is 41.7 Å². The summed E-state index contributed by atoms with van der Waals surface area (Å²) in [6.45, 7) is 3.43. The van der Waals surface area contributed by atoms with E-state index in [9.17, 15) is 4.79 Å². The molecule has 5 nitrogen and oxygen atoms in total. The fourth-order valence-electron chi connectivity index (χ4n) is 2.53. The predicted octanol–water partition coefficient (Wildman–Crippen LogP) is 1.88. The zero-order valence-electron chi connectivity index (χ0n) is 12.2. The molecule has 0 saturated heterocycles. The van der Waals surface area contributed by atoms with Crippen molar-refractivity contribution in [3.63, 3.8) is 0 Å². The zero-order chi connectivity index (χ0) is 14.8. The number of carbonyl (C=O) groups is 1. The van der Waals surface area contributed by atoms with Gasteiger partial charge in [-0.2, -0.15) is 0 Å². The Morgan fingerprint density at radius 2 is 2.10 bits per heavy atom. The number of aryl methyl sites for hydroxylation is 1. The molecule has 0 radical (unpaired) electrons. The molecule has 3 rings (SSSR count). The number of hydrogen-bond donors (Lipinski definition) is 0. The molecule has 0 spiro atoms. The first-order chi connectivity index (χ1) is 10.1. The van der Waals surface area contributed by atoms with Crippen LogP contribution in [-0.2, 0) is 24.8 Å². The van der Waals surface area contributed by atoms with Crippen molar-refractivity contribution in [3.8, 4) is 0 Å². The molecule has 0 aliphatic carbocycles. The molecular weight excluding hydrogens is 284 g/mol. The normalized spacial score (nSPS) is 15.6. The average molecular weight is 302 g/mol. The van der Waals surface area contributed by atoms with Gasteiger partial charge in [0.25, 0.3) is 0 Å². The van der Waals surface area contributed by atoms with Gasteiger partial charge in [0.1, 0.15) is 6.33 Å². The van der Waals surface area contributed by atoms with E-state index in [1.54, 1.807) is 6.33 Å². The summed E-state index contributed by atoms with van der Waals surface area (Å²) in [6.07, 6.45) is 2.58. The van der Waals surface area contributed by atoms with Crippen LogP contribution in [0.2, 0.25) is 0 Å². The summed E-state index contributed by atoms with van der Waals surface area (Å²) in [6, 6.07) is 8.34. The van der Waals surface area contributed by atoms with Crippen LogP contribution in [0.4, 0.5) is 0 Å². The molecule has 0 unspecified atom stereocenters. The molecule has 1 atom stereocenters. The summed E-state index contributed by atoms with van der Waals surface area (Å²) in [5.41, 5.74) is 2.61. The Bertz CT molecular complexity index is 655. The second kappa shape index (κ2) is 5.89. The monoisotopic (exact) mass is 302 g/mol. The fourth-order valence-corrected chi connectivity index (χ4v) is 3.40. The highest BCUT2D eigenvalue weighted by Gasteiger charge is 2.26. The van der Waals surface area contributed by atoms with Gasteiger partial charge in [0.2, 0.25) is 5.91 Å². The highest BCUT2D eigenvalue weighted by molar-refractivity contribution is 8.00. The summed E-state index contributed by atoms with van der Waals surface area (Å²) < 4.78 is 1.83. The van der Waals surface area contributed by atoms with Gasteiger partial charge < -0.3 is 9.47 Å². The largest absolute Gasteiger partial charge is 0.337 e. The Morgan fingerprint density at radius 1 is 1.33 bits per heavy atom. The number of fused-ring (bicyclic) bond motifs is 1. The third-order valence-electron chi connectivity index (χ3n) is 3.74. The maximum Gasteiger partial charge on any atom is 0.236 e. The lowest BCUT2D eigenvalue weighted by Crippen LogP contribution is -2.40. The van der Waals surface area contributed by atoms with Crippen molar-refractivity contribution in [2.45, 2.75) is 30.3 Å². The van der Waals surface area contributed by atoms with Crippen LogP contribution in [0, 0.1) is 0 Å². The van der Waals surface area contributed by atoms with Crippen LogP contribution < -0.4 is 0 Å². The minimum absolute atomic E-state index is 0.154. The molecule has 1 aliphatic heterocycles. The molecule has 0 bridgehead atoms. The van der Waals surface area contributed by atoms with Crippen LogP contribution in [0.3, 0.4) is 0 Å². The first kappa shape index (κ1) is 14.1. The van der Waals surface area contributed by atoms with Crippen LogP contribution in [-0.4, -0.2) is 37.4 Å². The lowest BCUT2D eigenvalue weighted by molar-refractivity contribution is -0.131. The topological polar surface area (TPSA) is 51.0 Å². The lowest BCUT2D eigenvalue weighted by atomic mass is 10.00. The minimum Gasteiger partial charge on any atom is -0.337 e. The molecule has 0 N–H and O–H groups in total. The first-order valence-corrected chi connectivity index (χ1v) is 7.89. The van der Waals surface area contributed by atoms with E-state index in [1.165, 1.54) is 22.9 Å². The van der Waals surface area contributed by atoms with Crippen molar-refractivity contribution < 1.29 is 4.79 Å². The van der Waals surface area contributed by atoms with Crippen molar-refractivity contribution in [2.75, 3.05) is 6.54 Å². The Balaban J connectivity index is 1.67. The van der Waals surface area contributed by atoms with Gasteiger partial charge in [0.15, 0.2) is 5.16 Å². The third-order valence-corrected chi connectivity index (χ3v) is 4.88. The van der Waals surface area contributed by atoms with Crippen LogP contribution >= 0.6 is 11.8 Å². The van der Waals surface area contributed by atoms with Crippen molar-refractivity contribution in [2.24, 2.45) is 7.05 Å². The second-order valence-electron chi connectivity index (χ2n) is 5.26. The number of hydrogen-bond acceptors (Lipinski definition) is 4. The smallest absolute Gasteiger partial charge is 0.236 e. The summed E-state index contributed by atoms with van der Waals surface area (Å²) in [4.78, 5) is 14.5. The molecule has 1 amide bonds. The summed E-state index contributed by atoms with van der Waals surface area (Å²) in [5, 5.41) is 8.49. The molecular formula is C15H18N4OS. The highest BCUT2D eigenvalue weighted by atomic mass is 32.2. The molecule has 1 aromatic heterocycles. The maximum absolute atomic E-state index is 12.6. The molecule has 0 fully saturated rings. The Kier molecular flexibility index (Phi) is 3.96. The maximum atomic E-state index is 12.6. The zero-order valence-corrected chi connectivity index (χ0v) is 13.0. The van der Waals surface area contributed by atoms with Gasteiger partial charge in [-0.15, -0.1) is 10.2 Å². The molecule has 2 aromatic rings. The number of thioether (sulfide) groups is 1. The third kappa shape index (κ3) is 2.95.